The Morgan fingerprint density at radius 3 is 2.47 bits per heavy atom. The number of quaternary nitrogens is 1. The first-order valence-corrected chi connectivity index (χ1v) is 12.4. The molecule has 0 radical (unpaired) electrons. The molecular formula is C24H26ClN2O4S+. The SMILES string of the molecule is C#CCCC(Cc1ccccc1Cl)[N+]1(NC(C)=O)C(=O)CC1S(=O)(=O)Cc1ccccc1. The first kappa shape index (κ1) is 24.0. The van der Waals surface area contributed by atoms with Crippen LogP contribution in [0.5, 0.6) is 0 Å². The maximum Gasteiger partial charge on any atom is 0.346 e. The Kier molecular flexibility index (Phi) is 7.40. The molecule has 2 amide bonds. The van der Waals surface area contributed by atoms with Crippen LogP contribution < -0.4 is 5.43 Å². The van der Waals surface area contributed by atoms with Crippen LogP contribution in [0.1, 0.15) is 37.3 Å². The third kappa shape index (κ3) is 4.88. The standard InChI is InChI=1S/C24H25ClN2O4S/c1-3-4-13-21(15-20-12-8-9-14-22(20)25)27(26-18(2)28)23(29)16-24(27)32(30,31)17-19-10-6-5-7-11-19/h1,5-12,14,21,24H,4,13,15-17H2,2H3/p+1. The lowest BCUT2D eigenvalue weighted by molar-refractivity contribution is -0.947. The molecule has 0 aromatic heterocycles. The van der Waals surface area contributed by atoms with E-state index in [1.54, 1.807) is 42.5 Å². The summed E-state index contributed by atoms with van der Waals surface area (Å²) in [6, 6.07) is 15.4. The highest BCUT2D eigenvalue weighted by molar-refractivity contribution is 7.91. The minimum atomic E-state index is -3.78. The third-order valence-corrected chi connectivity index (χ3v) is 8.23. The average molecular weight is 474 g/mol. The van der Waals surface area contributed by atoms with Crippen LogP contribution in [0.3, 0.4) is 0 Å². The van der Waals surface area contributed by atoms with Crippen LogP contribution in [0.4, 0.5) is 0 Å². The number of hydrogen-bond donors (Lipinski definition) is 1. The van der Waals surface area contributed by atoms with Crippen molar-refractivity contribution in [3.63, 3.8) is 0 Å². The molecule has 3 atom stereocenters. The highest BCUT2D eigenvalue weighted by Gasteiger charge is 2.66. The Balaban J connectivity index is 2.04. The van der Waals surface area contributed by atoms with Crippen molar-refractivity contribution in [2.24, 2.45) is 0 Å². The van der Waals surface area contributed by atoms with Crippen molar-refractivity contribution in [3.05, 3.63) is 70.7 Å². The fraction of sp³-hybridized carbons (Fsp3) is 0.333. The lowest BCUT2D eigenvalue weighted by Gasteiger charge is -2.51. The summed E-state index contributed by atoms with van der Waals surface area (Å²) < 4.78 is 26.2. The Morgan fingerprint density at radius 2 is 1.88 bits per heavy atom. The quantitative estimate of drug-likeness (QED) is 0.344. The number of terminal acetylenes is 1. The van der Waals surface area contributed by atoms with Crippen molar-refractivity contribution in [3.8, 4) is 12.3 Å². The van der Waals surface area contributed by atoms with Gasteiger partial charge in [-0.1, -0.05) is 60.1 Å². The summed E-state index contributed by atoms with van der Waals surface area (Å²) in [7, 11) is -3.78. The lowest BCUT2D eigenvalue weighted by Crippen LogP contribution is -2.81. The first-order valence-electron chi connectivity index (χ1n) is 10.3. The maximum absolute atomic E-state index is 13.4. The smallest absolute Gasteiger partial charge is 0.270 e. The van der Waals surface area contributed by atoms with Gasteiger partial charge in [-0.2, -0.15) is 5.43 Å². The topological polar surface area (TPSA) is 80.3 Å². The van der Waals surface area contributed by atoms with Crippen molar-refractivity contribution in [2.45, 2.75) is 49.8 Å². The van der Waals surface area contributed by atoms with Crippen LogP contribution >= 0.6 is 11.6 Å². The molecule has 0 aliphatic carbocycles. The second-order valence-corrected chi connectivity index (χ2v) is 10.5. The van der Waals surface area contributed by atoms with Crippen LogP contribution in [0.25, 0.3) is 0 Å². The summed E-state index contributed by atoms with van der Waals surface area (Å²) in [5, 5.41) is -0.583. The maximum atomic E-state index is 13.4. The monoisotopic (exact) mass is 473 g/mol. The van der Waals surface area contributed by atoms with E-state index < -0.39 is 31.8 Å². The number of sulfone groups is 1. The molecule has 1 aliphatic heterocycles. The van der Waals surface area contributed by atoms with E-state index in [-0.39, 0.29) is 18.1 Å². The number of β-lactam (4-membered cyclic amide) rings is 1. The molecule has 1 N–H and O–H groups in total. The first-order chi connectivity index (χ1) is 15.2. The second-order valence-electron chi connectivity index (χ2n) is 7.98. The molecule has 0 spiro atoms. The van der Waals surface area contributed by atoms with E-state index in [9.17, 15) is 18.0 Å². The van der Waals surface area contributed by atoms with E-state index >= 15 is 0 Å². The van der Waals surface area contributed by atoms with E-state index in [2.05, 4.69) is 11.3 Å². The number of carbonyl (C=O) groups excluding carboxylic acids is 2. The predicted molar refractivity (Wildman–Crippen MR) is 124 cm³/mol. The fourth-order valence-corrected chi connectivity index (χ4v) is 6.63. The number of benzene rings is 2. The molecule has 1 saturated heterocycles. The molecule has 8 heteroatoms. The third-order valence-electron chi connectivity index (χ3n) is 5.80. The number of nitrogens with zero attached hydrogens (tertiary/aromatic N) is 1. The van der Waals surface area contributed by atoms with E-state index in [0.29, 0.717) is 29.8 Å². The predicted octanol–water partition coefficient (Wildman–Crippen LogP) is 3.40. The molecule has 2 aromatic rings. The van der Waals surface area contributed by atoms with E-state index in [0.717, 1.165) is 5.56 Å². The van der Waals surface area contributed by atoms with Crippen LogP contribution in [-0.4, -0.2) is 36.2 Å². The van der Waals surface area contributed by atoms with Crippen molar-refractivity contribution >= 4 is 33.3 Å². The van der Waals surface area contributed by atoms with Gasteiger partial charge in [-0.15, -0.1) is 16.9 Å². The van der Waals surface area contributed by atoms with Gasteiger partial charge in [0.1, 0.15) is 12.5 Å². The Hall–Kier alpha value is -2.66. The highest BCUT2D eigenvalue weighted by Crippen LogP contribution is 2.39. The molecule has 3 unspecified atom stereocenters. The molecule has 1 fully saturated rings. The van der Waals surface area contributed by atoms with Gasteiger partial charge in [0.2, 0.25) is 15.2 Å². The zero-order valence-electron chi connectivity index (χ0n) is 17.8. The molecule has 1 heterocycles. The second kappa shape index (κ2) is 9.86. The number of rotatable bonds is 9. The summed E-state index contributed by atoms with van der Waals surface area (Å²) in [6.45, 7) is 1.28. The summed E-state index contributed by atoms with van der Waals surface area (Å²) in [6.07, 6.45) is 6.30. The fourth-order valence-electron chi connectivity index (χ4n) is 4.32. The number of amides is 2. The van der Waals surface area contributed by atoms with Gasteiger partial charge in [-0.3, -0.25) is 4.79 Å². The summed E-state index contributed by atoms with van der Waals surface area (Å²) >= 11 is 6.35. The van der Waals surface area contributed by atoms with Crippen molar-refractivity contribution < 1.29 is 22.6 Å². The number of carbonyl (C=O) groups is 2. The van der Waals surface area contributed by atoms with Gasteiger partial charge < -0.3 is 0 Å². The number of nitrogens with one attached hydrogen (secondary N) is 1. The lowest BCUT2D eigenvalue weighted by atomic mass is 9.95. The number of likely N-dealkylation sites (tertiary alicyclic amines) is 1. The molecule has 168 valence electrons. The molecule has 32 heavy (non-hydrogen) atoms. The Morgan fingerprint density at radius 1 is 1.22 bits per heavy atom. The highest BCUT2D eigenvalue weighted by atomic mass is 35.5. The Bertz CT molecular complexity index is 1140. The zero-order valence-corrected chi connectivity index (χ0v) is 19.4. The molecule has 1 aliphatic rings. The van der Waals surface area contributed by atoms with Gasteiger partial charge in [0, 0.05) is 31.2 Å². The van der Waals surface area contributed by atoms with Gasteiger partial charge in [0.15, 0.2) is 0 Å². The minimum absolute atomic E-state index is 0.162. The van der Waals surface area contributed by atoms with Gasteiger partial charge >= 0.3 is 5.91 Å². The molecule has 6 nitrogen and oxygen atoms in total. The Labute approximate surface area is 194 Å². The van der Waals surface area contributed by atoms with Gasteiger partial charge in [0.25, 0.3) is 5.91 Å². The van der Waals surface area contributed by atoms with Crippen LogP contribution in [0.15, 0.2) is 54.6 Å². The average Bonchev–Trinajstić information content (AvgIpc) is 2.74. The van der Waals surface area contributed by atoms with E-state index in [1.807, 2.05) is 12.1 Å². The van der Waals surface area contributed by atoms with Crippen molar-refractivity contribution in [2.75, 3.05) is 0 Å². The van der Waals surface area contributed by atoms with E-state index in [4.69, 9.17) is 18.0 Å². The van der Waals surface area contributed by atoms with Crippen LogP contribution in [0, 0.1) is 12.3 Å². The largest absolute Gasteiger partial charge is 0.346 e. The molecular weight excluding hydrogens is 448 g/mol. The summed E-state index contributed by atoms with van der Waals surface area (Å²) in [5.74, 6) is 1.51. The van der Waals surface area contributed by atoms with Gasteiger partial charge in [-0.25, -0.2) is 13.2 Å². The summed E-state index contributed by atoms with van der Waals surface area (Å²) in [4.78, 5) is 25.3. The molecule has 0 bridgehead atoms. The minimum Gasteiger partial charge on any atom is -0.270 e. The van der Waals surface area contributed by atoms with Crippen molar-refractivity contribution in [1.29, 1.82) is 0 Å². The zero-order chi connectivity index (χ0) is 23.4. The molecule has 3 rings (SSSR count). The van der Waals surface area contributed by atoms with E-state index in [1.165, 1.54) is 6.92 Å². The molecule has 2 aromatic carbocycles. The van der Waals surface area contributed by atoms with Gasteiger partial charge in [-0.05, 0) is 17.2 Å². The number of halogens is 1. The van der Waals surface area contributed by atoms with Crippen LogP contribution in [0.2, 0.25) is 5.02 Å². The van der Waals surface area contributed by atoms with Gasteiger partial charge in [0.05, 0.1) is 5.75 Å². The number of hydrogen-bond acceptors (Lipinski definition) is 4. The van der Waals surface area contributed by atoms with Crippen molar-refractivity contribution in [1.82, 2.24) is 5.43 Å². The van der Waals surface area contributed by atoms with Crippen LogP contribution in [-0.2, 0) is 31.6 Å². The molecule has 0 saturated carbocycles. The normalized spacial score (nSPS) is 21.3. The summed E-state index contributed by atoms with van der Waals surface area (Å²) in [5.41, 5.74) is 4.08.